The molecule has 1 aromatic rings. The molecule has 0 aromatic carbocycles. The number of hydrogen-bond donors (Lipinski definition) is 2. The lowest BCUT2D eigenvalue weighted by Gasteiger charge is -2.66. The third-order valence-corrected chi connectivity index (χ3v) is 13.3. The zero-order chi connectivity index (χ0) is 28.4. The largest absolute Gasteiger partial charge is 0.474 e. The maximum atomic E-state index is 12.0. The van der Waals surface area contributed by atoms with E-state index in [0.29, 0.717) is 34.3 Å². The Morgan fingerprint density at radius 1 is 1.07 bits per heavy atom. The maximum absolute atomic E-state index is 12.0. The highest BCUT2D eigenvalue weighted by Crippen LogP contribution is 2.71. The Labute approximate surface area is 244 Å². The van der Waals surface area contributed by atoms with E-state index in [9.17, 15) is 5.11 Å². The molecule has 0 saturated heterocycles. The van der Waals surface area contributed by atoms with Gasteiger partial charge in [0, 0.05) is 11.6 Å². The van der Waals surface area contributed by atoms with Gasteiger partial charge in [0.1, 0.15) is 12.3 Å². The molecule has 2 N–H and O–H groups in total. The van der Waals surface area contributed by atoms with Gasteiger partial charge in [0.2, 0.25) is 5.90 Å². The van der Waals surface area contributed by atoms with E-state index in [-0.39, 0.29) is 17.9 Å². The van der Waals surface area contributed by atoms with Crippen LogP contribution in [-0.4, -0.2) is 34.0 Å². The van der Waals surface area contributed by atoms with E-state index in [1.54, 1.807) is 11.8 Å². The van der Waals surface area contributed by atoms with Crippen LogP contribution in [0.1, 0.15) is 110 Å². The molecule has 5 aliphatic carbocycles. The summed E-state index contributed by atoms with van der Waals surface area (Å²) in [5, 5.41) is 21.7. The normalized spacial score (nSPS) is 39.7. The van der Waals surface area contributed by atoms with Crippen molar-refractivity contribution in [3.05, 3.63) is 40.7 Å². The molecule has 0 aliphatic heterocycles. The number of aromatic nitrogens is 1. The molecule has 8 atom stereocenters. The summed E-state index contributed by atoms with van der Waals surface area (Å²) in [7, 11) is 4.09. The number of fused-ring (bicyclic) bond motifs is 7. The molecule has 40 heavy (non-hydrogen) atoms. The molecule has 1 aromatic heterocycles. The molecule has 0 amide bonds. The molecule has 0 spiro atoms. The Morgan fingerprint density at radius 3 is 2.60 bits per heavy atom. The minimum atomic E-state index is -0.644. The van der Waals surface area contributed by atoms with Gasteiger partial charge in [-0.15, -0.1) is 8.86 Å². The summed E-state index contributed by atoms with van der Waals surface area (Å²) in [5.74, 6) is 3.46. The Morgan fingerprint density at radius 2 is 1.88 bits per heavy atom. The molecule has 5 aliphatic rings. The minimum absolute atomic E-state index is 0.0461. The molecule has 6 rings (SSSR count). The highest BCUT2D eigenvalue weighted by atomic mass is 31.0. The van der Waals surface area contributed by atoms with Crippen LogP contribution in [0.2, 0.25) is 0 Å². The molecule has 5 heteroatoms. The fourth-order valence-corrected chi connectivity index (χ4v) is 11.8. The van der Waals surface area contributed by atoms with Crippen molar-refractivity contribution in [2.75, 3.05) is 6.61 Å². The lowest BCUT2D eigenvalue weighted by Crippen LogP contribution is -2.59. The van der Waals surface area contributed by atoms with Crippen molar-refractivity contribution in [2.24, 2.45) is 45.8 Å². The topological polar surface area (TPSA) is 66.2 Å². The molecule has 4 fully saturated rings. The lowest BCUT2D eigenvalue weighted by molar-refractivity contribution is -0.155. The van der Waals surface area contributed by atoms with Crippen molar-refractivity contribution in [3.8, 4) is 0 Å². The molecular weight excluding hydrogens is 511 g/mol. The fraction of sp³-hybridized carbons (Fsp3) is 0.743. The number of ether oxygens (including phenoxy) is 1. The second-order valence-electron chi connectivity index (χ2n) is 15.0. The molecule has 218 valence electrons. The highest BCUT2D eigenvalue weighted by molar-refractivity contribution is 7.22. The fourth-order valence-electron chi connectivity index (χ4n) is 11.0. The summed E-state index contributed by atoms with van der Waals surface area (Å²) in [4.78, 5) is 4.36. The molecule has 8 unspecified atom stereocenters. The number of pyridine rings is 1. The van der Waals surface area contributed by atoms with Crippen LogP contribution in [-0.2, 0) is 4.74 Å². The van der Waals surface area contributed by atoms with Crippen LogP contribution in [0.25, 0.3) is 0 Å². The van der Waals surface area contributed by atoms with Crippen LogP contribution in [0.3, 0.4) is 0 Å². The monoisotopic (exact) mass is 562 g/mol. The zero-order valence-electron chi connectivity index (χ0n) is 25.5. The quantitative estimate of drug-likeness (QED) is 0.216. The van der Waals surface area contributed by atoms with Gasteiger partial charge in [-0.05, 0) is 128 Å². The van der Waals surface area contributed by atoms with Crippen LogP contribution in [0.5, 0.6) is 0 Å². The van der Waals surface area contributed by atoms with Crippen molar-refractivity contribution < 1.29 is 9.84 Å². The first kappa shape index (κ1) is 28.6. The summed E-state index contributed by atoms with van der Waals surface area (Å²) in [5.41, 5.74) is 5.21. The second kappa shape index (κ2) is 10.3. The molecule has 4 nitrogen and oxygen atoms in total. The molecule has 0 radical (unpaired) electrons. The van der Waals surface area contributed by atoms with Gasteiger partial charge in [-0.1, -0.05) is 52.2 Å². The van der Waals surface area contributed by atoms with Gasteiger partial charge < -0.3 is 9.84 Å². The van der Waals surface area contributed by atoms with Gasteiger partial charge in [0.15, 0.2) is 0 Å². The number of aliphatic hydroxyl groups excluding tert-OH is 1. The SMILES string of the molecule is Cc1ccc(C(=N)OCC(O)C23CCC4C(CCC5C6(C)CCCCC6CCC45C)C2=C(C(C)C)C(=P)C3)nc1. The van der Waals surface area contributed by atoms with Crippen LogP contribution in [0, 0.1) is 58.2 Å². The van der Waals surface area contributed by atoms with Crippen LogP contribution >= 0.6 is 8.86 Å². The number of hydrogen-bond acceptors (Lipinski definition) is 4. The number of rotatable bonds is 5. The van der Waals surface area contributed by atoms with Gasteiger partial charge in [-0.2, -0.15) is 0 Å². The number of aliphatic hydroxyl groups is 1. The first-order valence-corrected chi connectivity index (χ1v) is 16.7. The van der Waals surface area contributed by atoms with Gasteiger partial charge >= 0.3 is 0 Å². The third-order valence-electron chi connectivity index (χ3n) is 12.8. The van der Waals surface area contributed by atoms with Crippen molar-refractivity contribution in [2.45, 2.75) is 111 Å². The van der Waals surface area contributed by atoms with Crippen LogP contribution < -0.4 is 0 Å². The predicted molar refractivity (Wildman–Crippen MR) is 166 cm³/mol. The highest BCUT2D eigenvalue weighted by Gasteiger charge is 2.64. The smallest absolute Gasteiger partial charge is 0.232 e. The molecule has 0 bridgehead atoms. The summed E-state index contributed by atoms with van der Waals surface area (Å²) >= 11 is 0. The van der Waals surface area contributed by atoms with Gasteiger partial charge in [0.05, 0.1) is 6.10 Å². The first-order valence-electron chi connectivity index (χ1n) is 16.2. The number of allylic oxidation sites excluding steroid dienone is 1. The standard InChI is InChI=1S/C35H51N2O2P/c1-21(2)30-27(40)18-35(29(38)20-39-32(36)26-11-9-22(3)19-37-26)17-14-25-24(31(30)35)10-12-28-33(4)15-7-6-8-23(33)13-16-34(25,28)5/h9,11,19,21,23-25,28-29,36,38,40H,6-8,10,12-18,20H2,1-5H3. The summed E-state index contributed by atoms with van der Waals surface area (Å²) in [6.45, 7) is 12.1. The van der Waals surface area contributed by atoms with Gasteiger partial charge in [0.25, 0.3) is 0 Å². The Hall–Kier alpha value is -1.51. The van der Waals surface area contributed by atoms with E-state index >= 15 is 0 Å². The maximum Gasteiger partial charge on any atom is 0.232 e. The summed E-state index contributed by atoms with van der Waals surface area (Å²) < 4.78 is 5.95. The Bertz CT molecular complexity index is 1210. The number of nitrogens with zero attached hydrogens (tertiary/aromatic N) is 1. The van der Waals surface area contributed by atoms with Crippen molar-refractivity contribution in [1.29, 1.82) is 5.41 Å². The van der Waals surface area contributed by atoms with E-state index in [4.69, 9.17) is 10.1 Å². The van der Waals surface area contributed by atoms with Crippen molar-refractivity contribution in [3.63, 3.8) is 0 Å². The van der Waals surface area contributed by atoms with E-state index < -0.39 is 6.10 Å². The summed E-state index contributed by atoms with van der Waals surface area (Å²) in [6.07, 6.45) is 15.3. The molecule has 4 saturated carbocycles. The van der Waals surface area contributed by atoms with Crippen molar-refractivity contribution >= 4 is 20.1 Å². The van der Waals surface area contributed by atoms with Gasteiger partial charge in [-0.25, -0.2) is 0 Å². The number of nitrogens with one attached hydrogen (secondary N) is 1. The zero-order valence-corrected chi connectivity index (χ0v) is 26.5. The van der Waals surface area contributed by atoms with E-state index in [2.05, 4.69) is 41.5 Å². The van der Waals surface area contributed by atoms with Crippen LogP contribution in [0.15, 0.2) is 29.5 Å². The second-order valence-corrected chi connectivity index (χ2v) is 15.6. The predicted octanol–water partition coefficient (Wildman–Crippen LogP) is 8.18. The average molecular weight is 563 g/mol. The molecule has 1 heterocycles. The van der Waals surface area contributed by atoms with E-state index in [0.717, 1.165) is 30.2 Å². The van der Waals surface area contributed by atoms with Crippen molar-refractivity contribution in [1.82, 2.24) is 4.98 Å². The van der Waals surface area contributed by atoms with E-state index in [1.165, 1.54) is 68.7 Å². The third kappa shape index (κ3) is 4.29. The Kier molecular flexibility index (Phi) is 7.39. The van der Waals surface area contributed by atoms with Crippen LogP contribution in [0.4, 0.5) is 0 Å². The lowest BCUT2D eigenvalue weighted by atomic mass is 9.39. The van der Waals surface area contributed by atoms with E-state index in [1.807, 2.05) is 19.1 Å². The summed E-state index contributed by atoms with van der Waals surface area (Å²) in [6, 6.07) is 3.78. The van der Waals surface area contributed by atoms with Gasteiger partial charge in [-0.3, -0.25) is 10.4 Å². The first-order chi connectivity index (χ1) is 19.0. The molecular formula is C35H51N2O2P. The minimum Gasteiger partial charge on any atom is -0.474 e. The average Bonchev–Trinajstić information content (AvgIpc) is 3.25. The number of aryl methyl sites for hydroxylation is 1. The Balaban J connectivity index is 1.30.